The summed E-state index contributed by atoms with van der Waals surface area (Å²) < 4.78 is 32.4. The smallest absolute Gasteiger partial charge is 0.338 e. The first kappa shape index (κ1) is 33.1. The Bertz CT molecular complexity index is 1430. The van der Waals surface area contributed by atoms with E-state index in [9.17, 15) is 14.4 Å². The fourth-order valence-electron chi connectivity index (χ4n) is 4.47. The number of hydrogen-bond acceptors (Lipinski definition) is 5. The molecule has 1 saturated carbocycles. The fraction of sp³-hybridized carbons (Fsp3) is 0.581. The standard InChI is InChI=1S/C31H47FN2O5Si2/c1-21-19-33(28(37)34(26(21)35)27(36)23-16-14-13-15-17-23)24-18-25(39-41(11,12)30(6,7)8)31(32,22(24)2)20-38-40(9,10)29(3,4)5/h13-17,19,24-25H,2,18,20H2,1,3-12H3/t24-,25-,31+/m0/s1. The van der Waals surface area contributed by atoms with Crippen molar-refractivity contribution in [2.24, 2.45) is 0 Å². The van der Waals surface area contributed by atoms with Crippen molar-refractivity contribution in [3.05, 3.63) is 80.6 Å². The molecule has 1 aromatic heterocycles. The largest absolute Gasteiger partial charge is 0.413 e. The number of halogens is 1. The fourth-order valence-corrected chi connectivity index (χ4v) is 6.82. The van der Waals surface area contributed by atoms with Gasteiger partial charge < -0.3 is 8.85 Å². The highest BCUT2D eigenvalue weighted by molar-refractivity contribution is 6.74. The lowest BCUT2D eigenvalue weighted by Gasteiger charge is -2.43. The average molecular weight is 603 g/mol. The lowest BCUT2D eigenvalue weighted by atomic mass is 9.98. The zero-order valence-electron chi connectivity index (χ0n) is 26.6. The van der Waals surface area contributed by atoms with Crippen LogP contribution in [0.1, 0.15) is 69.9 Å². The Balaban J connectivity index is 2.14. The second-order valence-electron chi connectivity index (χ2n) is 14.4. The molecule has 3 rings (SSSR count). The van der Waals surface area contributed by atoms with Gasteiger partial charge in [0.25, 0.3) is 11.5 Å². The lowest BCUT2D eigenvalue weighted by molar-refractivity contribution is 0.00839. The molecule has 1 heterocycles. The molecule has 0 spiro atoms. The molecule has 0 radical (unpaired) electrons. The summed E-state index contributed by atoms with van der Waals surface area (Å²) in [7, 11) is -4.81. The summed E-state index contributed by atoms with van der Waals surface area (Å²) in [4.78, 5) is 40.1. The van der Waals surface area contributed by atoms with Gasteiger partial charge in [0.1, 0.15) is 0 Å². The van der Waals surface area contributed by atoms with Gasteiger partial charge in [0, 0.05) is 23.7 Å². The quantitative estimate of drug-likeness (QED) is 0.263. The molecule has 2 aromatic rings. The van der Waals surface area contributed by atoms with Gasteiger partial charge in [0.05, 0.1) is 18.8 Å². The topological polar surface area (TPSA) is 79.5 Å². The molecule has 7 nitrogen and oxygen atoms in total. The van der Waals surface area contributed by atoms with Crippen molar-refractivity contribution in [3.8, 4) is 0 Å². The summed E-state index contributed by atoms with van der Waals surface area (Å²) in [5.41, 5.74) is -3.06. The zero-order chi connectivity index (χ0) is 31.3. The van der Waals surface area contributed by atoms with E-state index in [0.29, 0.717) is 4.57 Å². The maximum absolute atomic E-state index is 17.4. The molecular weight excluding hydrogens is 556 g/mol. The van der Waals surface area contributed by atoms with Crippen LogP contribution in [0.15, 0.2) is 58.3 Å². The van der Waals surface area contributed by atoms with Crippen molar-refractivity contribution < 1.29 is 18.0 Å². The van der Waals surface area contributed by atoms with Crippen molar-refractivity contribution in [1.82, 2.24) is 9.13 Å². The number of aromatic nitrogens is 2. The van der Waals surface area contributed by atoms with Gasteiger partial charge in [-0.15, -0.1) is 0 Å². The van der Waals surface area contributed by atoms with E-state index in [4.69, 9.17) is 8.85 Å². The Morgan fingerprint density at radius 2 is 1.56 bits per heavy atom. The van der Waals surface area contributed by atoms with Gasteiger partial charge in [-0.2, -0.15) is 4.57 Å². The van der Waals surface area contributed by atoms with Crippen LogP contribution in [-0.2, 0) is 8.85 Å². The highest BCUT2D eigenvalue weighted by atomic mass is 28.4. The van der Waals surface area contributed by atoms with Crippen LogP contribution in [0.3, 0.4) is 0 Å². The Kier molecular flexibility index (Phi) is 8.90. The monoisotopic (exact) mass is 602 g/mol. The summed E-state index contributed by atoms with van der Waals surface area (Å²) >= 11 is 0. The molecule has 0 N–H and O–H groups in total. The molecule has 3 atom stereocenters. The van der Waals surface area contributed by atoms with E-state index in [1.54, 1.807) is 30.3 Å². The molecule has 0 bridgehead atoms. The van der Waals surface area contributed by atoms with Gasteiger partial charge in [0.2, 0.25) is 0 Å². The predicted molar refractivity (Wildman–Crippen MR) is 168 cm³/mol. The Labute approximate surface area is 245 Å². The number of aryl methyl sites for hydroxylation is 1. The van der Waals surface area contributed by atoms with Gasteiger partial charge >= 0.3 is 5.69 Å². The van der Waals surface area contributed by atoms with Crippen molar-refractivity contribution in [3.63, 3.8) is 0 Å². The summed E-state index contributed by atoms with van der Waals surface area (Å²) in [5, 5.41) is -0.323. The number of benzene rings is 1. The van der Waals surface area contributed by atoms with Gasteiger partial charge in [-0.05, 0) is 60.9 Å². The van der Waals surface area contributed by atoms with Gasteiger partial charge in [-0.25, -0.2) is 9.18 Å². The zero-order valence-corrected chi connectivity index (χ0v) is 28.6. The summed E-state index contributed by atoms with van der Waals surface area (Å²) in [5.74, 6) is -0.733. The third kappa shape index (κ3) is 6.21. The molecule has 1 aliphatic carbocycles. The minimum atomic E-state index is -2.46. The van der Waals surface area contributed by atoms with E-state index >= 15 is 4.39 Å². The number of alkyl halides is 1. The van der Waals surface area contributed by atoms with E-state index < -0.39 is 51.6 Å². The first-order chi connectivity index (χ1) is 18.5. The molecule has 1 fully saturated rings. The van der Waals surface area contributed by atoms with Crippen LogP contribution in [0.25, 0.3) is 0 Å². The summed E-state index contributed by atoms with van der Waals surface area (Å²) in [6.45, 7) is 26.3. The second kappa shape index (κ2) is 11.0. The minimum absolute atomic E-state index is 0.125. The van der Waals surface area contributed by atoms with Crippen molar-refractivity contribution in [2.45, 2.75) is 109 Å². The van der Waals surface area contributed by atoms with E-state index in [0.717, 1.165) is 0 Å². The molecule has 1 aliphatic rings. The normalized spacial score (nSPS) is 22.3. The maximum atomic E-state index is 17.4. The van der Waals surface area contributed by atoms with Crippen LogP contribution in [0.5, 0.6) is 0 Å². The van der Waals surface area contributed by atoms with Crippen LogP contribution >= 0.6 is 0 Å². The molecule has 1 aromatic carbocycles. The number of hydrogen-bond donors (Lipinski definition) is 0. The van der Waals surface area contributed by atoms with E-state index in [1.807, 2.05) is 0 Å². The van der Waals surface area contributed by atoms with Crippen LogP contribution in [0.4, 0.5) is 4.39 Å². The van der Waals surface area contributed by atoms with Crippen LogP contribution in [0, 0.1) is 6.92 Å². The molecule has 41 heavy (non-hydrogen) atoms. The van der Waals surface area contributed by atoms with E-state index in [-0.39, 0.29) is 39.8 Å². The first-order valence-corrected chi connectivity index (χ1v) is 20.0. The highest BCUT2D eigenvalue weighted by Gasteiger charge is 2.57. The van der Waals surface area contributed by atoms with Crippen LogP contribution in [-0.4, -0.2) is 50.1 Å². The number of carbonyl (C=O) groups is 1. The average Bonchev–Trinajstić information content (AvgIpc) is 3.09. The van der Waals surface area contributed by atoms with Crippen molar-refractivity contribution >= 4 is 22.5 Å². The second-order valence-corrected chi connectivity index (χ2v) is 23.9. The third-order valence-corrected chi connectivity index (χ3v) is 18.4. The lowest BCUT2D eigenvalue weighted by Crippen LogP contribution is -2.52. The molecule has 0 aliphatic heterocycles. The molecule has 10 heteroatoms. The Hall–Kier alpha value is -2.41. The maximum Gasteiger partial charge on any atom is 0.338 e. The van der Waals surface area contributed by atoms with Crippen molar-refractivity contribution in [2.75, 3.05) is 6.61 Å². The van der Waals surface area contributed by atoms with Gasteiger partial charge in [-0.1, -0.05) is 66.3 Å². The van der Waals surface area contributed by atoms with E-state index in [2.05, 4.69) is 74.3 Å². The number of carbonyl (C=O) groups excluding carboxylic acids is 1. The van der Waals surface area contributed by atoms with E-state index in [1.165, 1.54) is 17.7 Å². The SMILES string of the molecule is C=C1[C@@H](n2cc(C)c(=O)n(C(=O)c3ccccc3)c2=O)C[C@H](O[Si](C)(C)C(C)(C)C)[C@@]1(F)CO[Si](C)(C)C(C)(C)C. The molecule has 0 unspecified atom stereocenters. The van der Waals surface area contributed by atoms with Crippen LogP contribution in [0.2, 0.25) is 36.3 Å². The third-order valence-electron chi connectivity index (χ3n) is 9.42. The number of nitrogens with zero attached hydrogens (tertiary/aromatic N) is 2. The molecule has 226 valence electrons. The van der Waals surface area contributed by atoms with Crippen molar-refractivity contribution in [1.29, 1.82) is 0 Å². The summed E-state index contributed by atoms with van der Waals surface area (Å²) in [6, 6.07) is 7.32. The molecule has 0 amide bonds. The minimum Gasteiger partial charge on any atom is -0.413 e. The Morgan fingerprint density at radius 1 is 1.02 bits per heavy atom. The predicted octanol–water partition coefficient (Wildman–Crippen LogP) is 6.63. The van der Waals surface area contributed by atoms with Crippen LogP contribution < -0.4 is 11.2 Å². The van der Waals surface area contributed by atoms with Gasteiger partial charge in [0.15, 0.2) is 22.3 Å². The Morgan fingerprint density at radius 3 is 2.07 bits per heavy atom. The number of rotatable bonds is 7. The first-order valence-electron chi connectivity index (χ1n) is 14.2. The summed E-state index contributed by atoms with van der Waals surface area (Å²) in [6.07, 6.45) is 0.613. The molecule has 0 saturated heterocycles. The molecular formula is C31H47FN2O5Si2. The van der Waals surface area contributed by atoms with Gasteiger partial charge in [-0.3, -0.25) is 14.2 Å². The highest BCUT2D eigenvalue weighted by Crippen LogP contribution is 2.50.